The first-order valence-electron chi connectivity index (χ1n) is 10.0. The quantitative estimate of drug-likeness (QED) is 0.337. The molecule has 2 aromatic carbocycles. The number of para-hydroxylation sites is 1. The number of unbranched alkanes of at least 4 members (excludes halogenated alkanes) is 2. The monoisotopic (exact) mass is 377 g/mol. The first-order valence-corrected chi connectivity index (χ1v) is 10.0. The summed E-state index contributed by atoms with van der Waals surface area (Å²) in [6.45, 7) is 5.30. The summed E-state index contributed by atoms with van der Waals surface area (Å²) in [5.41, 5.74) is 2.85. The molecule has 0 atom stereocenters. The van der Waals surface area contributed by atoms with E-state index in [1.807, 2.05) is 48.5 Å². The lowest BCUT2D eigenvalue weighted by molar-refractivity contribution is 0.0500. The van der Waals surface area contributed by atoms with E-state index in [1.54, 1.807) is 6.07 Å². The Morgan fingerprint density at radius 1 is 0.929 bits per heavy atom. The van der Waals surface area contributed by atoms with E-state index in [2.05, 4.69) is 13.8 Å². The average molecular weight is 377 g/mol. The molecule has 0 saturated carbocycles. The lowest BCUT2D eigenvalue weighted by Crippen LogP contribution is -2.08. The minimum Gasteiger partial charge on any atom is -0.493 e. The van der Waals surface area contributed by atoms with Crippen molar-refractivity contribution in [2.24, 2.45) is 0 Å². The van der Waals surface area contributed by atoms with Gasteiger partial charge in [-0.2, -0.15) is 0 Å². The number of nitrogens with zero attached hydrogens (tertiary/aromatic N) is 1. The molecule has 146 valence electrons. The summed E-state index contributed by atoms with van der Waals surface area (Å²) in [5, 5.41) is 0.977. The number of hydrogen-bond donors (Lipinski definition) is 0. The zero-order valence-electron chi connectivity index (χ0n) is 16.6. The summed E-state index contributed by atoms with van der Waals surface area (Å²) >= 11 is 0. The van der Waals surface area contributed by atoms with Crippen LogP contribution in [-0.4, -0.2) is 24.2 Å². The number of carbonyl (C=O) groups excluding carboxylic acids is 1. The summed E-state index contributed by atoms with van der Waals surface area (Å²) in [7, 11) is 0. The van der Waals surface area contributed by atoms with Gasteiger partial charge in [-0.05, 0) is 31.0 Å². The van der Waals surface area contributed by atoms with Crippen LogP contribution in [-0.2, 0) is 4.74 Å². The highest BCUT2D eigenvalue weighted by Crippen LogP contribution is 2.32. The Balaban J connectivity index is 2.00. The minimum atomic E-state index is -0.313. The lowest BCUT2D eigenvalue weighted by Gasteiger charge is -2.13. The van der Waals surface area contributed by atoms with Gasteiger partial charge in [-0.25, -0.2) is 9.78 Å². The Kier molecular flexibility index (Phi) is 7.01. The van der Waals surface area contributed by atoms with Crippen LogP contribution >= 0.6 is 0 Å². The second-order valence-electron chi connectivity index (χ2n) is 6.76. The molecule has 1 heterocycles. The van der Waals surface area contributed by atoms with Crippen molar-refractivity contribution >= 4 is 16.9 Å². The maximum Gasteiger partial charge on any atom is 0.338 e. The van der Waals surface area contributed by atoms with Gasteiger partial charge >= 0.3 is 5.97 Å². The highest BCUT2D eigenvalue weighted by Gasteiger charge is 2.16. The van der Waals surface area contributed by atoms with E-state index >= 15 is 0 Å². The Bertz CT molecular complexity index is 936. The summed E-state index contributed by atoms with van der Waals surface area (Å²) in [6, 6.07) is 17.3. The predicted octanol–water partition coefficient (Wildman–Crippen LogP) is 6.04. The second kappa shape index (κ2) is 9.88. The third kappa shape index (κ3) is 4.69. The number of pyridine rings is 1. The molecular formula is C24H27NO3. The third-order valence-electron chi connectivity index (χ3n) is 4.59. The van der Waals surface area contributed by atoms with Crippen LogP contribution in [0.15, 0.2) is 54.6 Å². The largest absolute Gasteiger partial charge is 0.493 e. The minimum absolute atomic E-state index is 0.313. The molecule has 0 radical (unpaired) electrons. The van der Waals surface area contributed by atoms with Gasteiger partial charge in [0.15, 0.2) is 0 Å². The van der Waals surface area contributed by atoms with Gasteiger partial charge in [0, 0.05) is 17.0 Å². The van der Waals surface area contributed by atoms with Crippen molar-refractivity contribution < 1.29 is 14.3 Å². The Labute approximate surface area is 166 Å². The van der Waals surface area contributed by atoms with Gasteiger partial charge in [-0.1, -0.05) is 57.0 Å². The molecule has 3 aromatic rings. The zero-order chi connectivity index (χ0) is 19.8. The van der Waals surface area contributed by atoms with Crippen molar-refractivity contribution in [3.8, 4) is 17.0 Å². The highest BCUT2D eigenvalue weighted by molar-refractivity contribution is 5.98. The number of esters is 1. The molecule has 0 aliphatic rings. The van der Waals surface area contributed by atoms with Gasteiger partial charge < -0.3 is 9.47 Å². The molecule has 0 aliphatic heterocycles. The number of rotatable bonds is 9. The van der Waals surface area contributed by atoms with Crippen LogP contribution in [0.4, 0.5) is 0 Å². The molecule has 0 bridgehead atoms. The van der Waals surface area contributed by atoms with E-state index in [-0.39, 0.29) is 5.97 Å². The van der Waals surface area contributed by atoms with Crippen molar-refractivity contribution in [1.82, 2.24) is 4.98 Å². The van der Waals surface area contributed by atoms with Crippen molar-refractivity contribution in [3.63, 3.8) is 0 Å². The first kappa shape index (κ1) is 19.9. The third-order valence-corrected chi connectivity index (χ3v) is 4.59. The summed E-state index contributed by atoms with van der Waals surface area (Å²) < 4.78 is 11.5. The van der Waals surface area contributed by atoms with Crippen LogP contribution in [0.5, 0.6) is 5.75 Å². The highest BCUT2D eigenvalue weighted by atomic mass is 16.5. The molecular weight excluding hydrogens is 350 g/mol. The fourth-order valence-electron chi connectivity index (χ4n) is 3.00. The Hall–Kier alpha value is -2.88. The number of fused-ring (bicyclic) bond motifs is 1. The molecule has 1 aromatic heterocycles. The van der Waals surface area contributed by atoms with E-state index in [9.17, 15) is 4.79 Å². The maximum absolute atomic E-state index is 12.6. The van der Waals surface area contributed by atoms with Crippen LogP contribution in [0, 0.1) is 0 Å². The van der Waals surface area contributed by atoms with Gasteiger partial charge in [0.05, 0.1) is 30.0 Å². The Morgan fingerprint density at radius 2 is 1.64 bits per heavy atom. The summed E-state index contributed by atoms with van der Waals surface area (Å²) in [5.74, 6) is 0.482. The molecule has 0 unspecified atom stereocenters. The first-order chi connectivity index (χ1) is 13.7. The van der Waals surface area contributed by atoms with E-state index in [0.717, 1.165) is 47.9 Å². The molecule has 28 heavy (non-hydrogen) atoms. The number of aromatic nitrogens is 1. The number of ether oxygens (including phenoxy) is 2. The average Bonchev–Trinajstić information content (AvgIpc) is 2.74. The van der Waals surface area contributed by atoms with Gasteiger partial charge in [0.1, 0.15) is 5.75 Å². The van der Waals surface area contributed by atoms with Gasteiger partial charge in [-0.3, -0.25) is 0 Å². The van der Waals surface area contributed by atoms with Crippen LogP contribution in [0.3, 0.4) is 0 Å². The Morgan fingerprint density at radius 3 is 2.46 bits per heavy atom. The predicted molar refractivity (Wildman–Crippen MR) is 113 cm³/mol. The fourth-order valence-corrected chi connectivity index (χ4v) is 3.00. The smallest absolute Gasteiger partial charge is 0.338 e. The normalized spacial score (nSPS) is 10.8. The van der Waals surface area contributed by atoms with E-state index in [1.165, 1.54) is 0 Å². The summed E-state index contributed by atoms with van der Waals surface area (Å²) in [6.07, 6.45) is 3.91. The molecule has 4 heteroatoms. The summed E-state index contributed by atoms with van der Waals surface area (Å²) in [4.78, 5) is 17.4. The van der Waals surface area contributed by atoms with E-state index in [4.69, 9.17) is 14.5 Å². The molecule has 0 amide bonds. The topological polar surface area (TPSA) is 48.4 Å². The number of carbonyl (C=O) groups is 1. The van der Waals surface area contributed by atoms with Crippen LogP contribution in [0.2, 0.25) is 0 Å². The maximum atomic E-state index is 12.6. The SMILES string of the molecule is CCCCOC(=O)c1ccccc1-c1cc(OCCCC)c2ccccc2n1. The molecule has 4 nitrogen and oxygen atoms in total. The van der Waals surface area contributed by atoms with Gasteiger partial charge in [0.25, 0.3) is 0 Å². The zero-order valence-corrected chi connectivity index (χ0v) is 16.6. The van der Waals surface area contributed by atoms with Gasteiger partial charge in [-0.15, -0.1) is 0 Å². The standard InChI is InChI=1S/C24H27NO3/c1-3-5-15-27-23-17-22(25-21-14-10-9-13-20(21)23)18-11-7-8-12-19(18)24(26)28-16-6-4-2/h7-14,17H,3-6,15-16H2,1-2H3. The molecule has 0 fully saturated rings. The van der Waals surface area contributed by atoms with Crippen molar-refractivity contribution in [3.05, 3.63) is 60.2 Å². The van der Waals surface area contributed by atoms with E-state index < -0.39 is 0 Å². The fraction of sp³-hybridized carbons (Fsp3) is 0.333. The molecule has 0 aliphatic carbocycles. The number of hydrogen-bond acceptors (Lipinski definition) is 4. The van der Waals surface area contributed by atoms with Crippen LogP contribution in [0.1, 0.15) is 49.9 Å². The van der Waals surface area contributed by atoms with Gasteiger partial charge in [0.2, 0.25) is 0 Å². The molecule has 0 N–H and O–H groups in total. The van der Waals surface area contributed by atoms with Crippen LogP contribution < -0.4 is 4.74 Å². The van der Waals surface area contributed by atoms with Crippen molar-refractivity contribution in [2.45, 2.75) is 39.5 Å². The van der Waals surface area contributed by atoms with E-state index in [0.29, 0.717) is 24.5 Å². The number of benzene rings is 2. The van der Waals surface area contributed by atoms with Crippen LogP contribution in [0.25, 0.3) is 22.2 Å². The van der Waals surface area contributed by atoms with Crippen molar-refractivity contribution in [1.29, 1.82) is 0 Å². The second-order valence-corrected chi connectivity index (χ2v) is 6.76. The molecule has 0 saturated heterocycles. The molecule has 0 spiro atoms. The lowest BCUT2D eigenvalue weighted by atomic mass is 10.0. The molecule has 3 rings (SSSR count). The van der Waals surface area contributed by atoms with Crippen molar-refractivity contribution in [2.75, 3.05) is 13.2 Å².